The molecular weight excluding hydrogens is 342 g/mol. The number of aryl methyl sites for hydroxylation is 2. The van der Waals surface area contributed by atoms with E-state index in [1.165, 1.54) is 24.0 Å². The number of fused-ring (bicyclic) bond motifs is 1. The molecule has 0 saturated heterocycles. The average molecular weight is 364 g/mol. The van der Waals surface area contributed by atoms with Crippen molar-refractivity contribution < 1.29 is 8.42 Å². The second-order valence-electron chi connectivity index (χ2n) is 6.46. The summed E-state index contributed by atoms with van der Waals surface area (Å²) in [4.78, 5) is 0. The Hall–Kier alpha value is -1.36. The average Bonchev–Trinajstić information content (AvgIpc) is 2.53. The topological polar surface area (TPSA) is 46.2 Å². The highest BCUT2D eigenvalue weighted by Gasteiger charge is 2.18. The zero-order valence-corrected chi connectivity index (χ0v) is 15.3. The zero-order valence-electron chi connectivity index (χ0n) is 13.8. The summed E-state index contributed by atoms with van der Waals surface area (Å²) in [5.74, 6) is -0.0666. The van der Waals surface area contributed by atoms with Crippen molar-refractivity contribution in [2.75, 3.05) is 0 Å². The molecule has 0 fully saturated rings. The van der Waals surface area contributed by atoms with Crippen LogP contribution < -0.4 is 4.72 Å². The quantitative estimate of drug-likeness (QED) is 0.855. The molecule has 2 aromatic rings. The summed E-state index contributed by atoms with van der Waals surface area (Å²) in [5.41, 5.74) is 4.47. The highest BCUT2D eigenvalue weighted by molar-refractivity contribution is 7.88. The van der Waals surface area contributed by atoms with Crippen molar-refractivity contribution in [3.05, 3.63) is 69.7 Å². The molecule has 0 bridgehead atoms. The molecule has 0 radical (unpaired) electrons. The lowest BCUT2D eigenvalue weighted by molar-refractivity contribution is 0.565. The van der Waals surface area contributed by atoms with Gasteiger partial charge in [-0.3, -0.25) is 0 Å². The summed E-state index contributed by atoms with van der Waals surface area (Å²) in [6.45, 7) is 1.89. The first-order chi connectivity index (χ1) is 11.4. The molecule has 0 amide bonds. The van der Waals surface area contributed by atoms with Gasteiger partial charge in [-0.15, -0.1) is 0 Å². The third kappa shape index (κ3) is 4.38. The van der Waals surface area contributed by atoms with E-state index in [0.29, 0.717) is 10.6 Å². The molecule has 0 aromatic heterocycles. The minimum Gasteiger partial charge on any atom is -0.212 e. The third-order valence-corrected chi connectivity index (χ3v) is 6.14. The largest absolute Gasteiger partial charge is 0.216 e. The van der Waals surface area contributed by atoms with Crippen LogP contribution >= 0.6 is 11.6 Å². The van der Waals surface area contributed by atoms with Crippen LogP contribution in [0.5, 0.6) is 0 Å². The normalized spacial score (nSPS) is 15.8. The van der Waals surface area contributed by atoms with E-state index in [1.54, 1.807) is 24.3 Å². The Morgan fingerprint density at radius 2 is 1.83 bits per heavy atom. The summed E-state index contributed by atoms with van der Waals surface area (Å²) in [7, 11) is -3.43. The molecule has 1 aliphatic rings. The van der Waals surface area contributed by atoms with E-state index < -0.39 is 10.0 Å². The van der Waals surface area contributed by atoms with Gasteiger partial charge in [0.2, 0.25) is 10.0 Å². The van der Waals surface area contributed by atoms with Gasteiger partial charge in [-0.25, -0.2) is 13.1 Å². The van der Waals surface area contributed by atoms with Gasteiger partial charge in [0.1, 0.15) is 0 Å². The van der Waals surface area contributed by atoms with Crippen LogP contribution in [-0.4, -0.2) is 8.42 Å². The Kier molecular flexibility index (Phi) is 5.28. The number of halogens is 1. The maximum atomic E-state index is 12.4. The molecule has 3 rings (SSSR count). The maximum absolute atomic E-state index is 12.4. The van der Waals surface area contributed by atoms with Crippen LogP contribution in [0.2, 0.25) is 5.02 Å². The Balaban J connectivity index is 1.72. The molecule has 1 atom stereocenters. The van der Waals surface area contributed by atoms with Crippen LogP contribution in [-0.2, 0) is 28.6 Å². The van der Waals surface area contributed by atoms with Gasteiger partial charge in [-0.1, -0.05) is 41.9 Å². The second kappa shape index (κ2) is 7.26. The van der Waals surface area contributed by atoms with Crippen molar-refractivity contribution in [1.29, 1.82) is 0 Å². The van der Waals surface area contributed by atoms with E-state index in [2.05, 4.69) is 16.9 Å². The second-order valence-corrected chi connectivity index (χ2v) is 8.65. The standard InChI is InChI=1S/C19H22ClNO2S/c1-14(17-10-9-16-6-2-3-7-18(16)12-17)21-24(22,23)13-15-5-4-8-19(20)11-15/h4-5,8-12,14,21H,2-3,6-7,13H2,1H3/t14-/m1/s1. The molecular formula is C19H22ClNO2S. The van der Waals surface area contributed by atoms with Crippen molar-refractivity contribution >= 4 is 21.6 Å². The van der Waals surface area contributed by atoms with Crippen molar-refractivity contribution in [3.8, 4) is 0 Å². The fourth-order valence-corrected chi connectivity index (χ4v) is 4.84. The lowest BCUT2D eigenvalue weighted by atomic mass is 9.89. The molecule has 1 N–H and O–H groups in total. The van der Waals surface area contributed by atoms with Gasteiger partial charge in [-0.05, 0) is 67.0 Å². The number of hydrogen-bond acceptors (Lipinski definition) is 2. The lowest BCUT2D eigenvalue weighted by Gasteiger charge is -2.20. The number of nitrogens with one attached hydrogen (secondary N) is 1. The van der Waals surface area contributed by atoms with Crippen LogP contribution in [0.15, 0.2) is 42.5 Å². The first kappa shape index (κ1) is 17.5. The van der Waals surface area contributed by atoms with Crippen molar-refractivity contribution in [1.82, 2.24) is 4.72 Å². The fourth-order valence-electron chi connectivity index (χ4n) is 3.25. The number of sulfonamides is 1. The molecule has 0 unspecified atom stereocenters. The van der Waals surface area contributed by atoms with Crippen molar-refractivity contribution in [3.63, 3.8) is 0 Å². The predicted octanol–water partition coefficient (Wildman–Crippen LogP) is 4.40. The molecule has 3 nitrogen and oxygen atoms in total. The minimum absolute atomic E-state index is 0.0666. The first-order valence-electron chi connectivity index (χ1n) is 8.29. The van der Waals surface area contributed by atoms with Crippen LogP contribution in [0.3, 0.4) is 0 Å². The van der Waals surface area contributed by atoms with Crippen LogP contribution in [0.1, 0.15) is 48.1 Å². The van der Waals surface area contributed by atoms with E-state index in [4.69, 9.17) is 11.6 Å². The monoisotopic (exact) mass is 363 g/mol. The molecule has 0 saturated carbocycles. The zero-order chi connectivity index (χ0) is 17.2. The predicted molar refractivity (Wildman–Crippen MR) is 98.7 cm³/mol. The Morgan fingerprint density at radius 1 is 1.08 bits per heavy atom. The van der Waals surface area contributed by atoms with E-state index in [1.807, 2.05) is 13.0 Å². The van der Waals surface area contributed by atoms with Gasteiger partial charge in [0, 0.05) is 11.1 Å². The summed E-state index contributed by atoms with van der Waals surface area (Å²) in [6.07, 6.45) is 4.68. The SMILES string of the molecule is C[C@@H](NS(=O)(=O)Cc1cccc(Cl)c1)c1ccc2c(c1)CCCC2. The van der Waals surface area contributed by atoms with Gasteiger partial charge in [0.25, 0.3) is 0 Å². The highest BCUT2D eigenvalue weighted by Crippen LogP contribution is 2.25. The Labute approximate surface area is 149 Å². The van der Waals surface area contributed by atoms with Crippen molar-refractivity contribution in [2.45, 2.75) is 44.4 Å². The maximum Gasteiger partial charge on any atom is 0.216 e. The summed E-state index contributed by atoms with van der Waals surface area (Å²) < 4.78 is 27.6. The van der Waals surface area contributed by atoms with Gasteiger partial charge < -0.3 is 0 Å². The molecule has 0 aliphatic heterocycles. The molecule has 0 spiro atoms. The molecule has 0 heterocycles. The summed E-state index contributed by atoms with van der Waals surface area (Å²) in [5, 5.41) is 0.547. The van der Waals surface area contributed by atoms with E-state index in [-0.39, 0.29) is 11.8 Å². The first-order valence-corrected chi connectivity index (χ1v) is 10.3. The Bertz CT molecular complexity index is 833. The molecule has 1 aliphatic carbocycles. The van der Waals surface area contributed by atoms with E-state index >= 15 is 0 Å². The minimum atomic E-state index is -3.43. The highest BCUT2D eigenvalue weighted by atomic mass is 35.5. The van der Waals surface area contributed by atoms with Gasteiger partial charge in [0.05, 0.1) is 5.75 Å². The fraction of sp³-hybridized carbons (Fsp3) is 0.368. The molecule has 24 heavy (non-hydrogen) atoms. The van der Waals surface area contributed by atoms with Crippen LogP contribution in [0.4, 0.5) is 0 Å². The molecule has 2 aromatic carbocycles. The summed E-state index contributed by atoms with van der Waals surface area (Å²) >= 11 is 5.93. The summed E-state index contributed by atoms with van der Waals surface area (Å²) in [6, 6.07) is 13.0. The van der Waals surface area contributed by atoms with E-state index in [0.717, 1.165) is 18.4 Å². The number of hydrogen-bond donors (Lipinski definition) is 1. The third-order valence-electron chi connectivity index (χ3n) is 4.47. The van der Waals surface area contributed by atoms with Crippen molar-refractivity contribution in [2.24, 2.45) is 0 Å². The lowest BCUT2D eigenvalue weighted by Crippen LogP contribution is -2.28. The van der Waals surface area contributed by atoms with Crippen LogP contribution in [0, 0.1) is 0 Å². The van der Waals surface area contributed by atoms with Gasteiger partial charge in [-0.2, -0.15) is 0 Å². The van der Waals surface area contributed by atoms with Gasteiger partial charge >= 0.3 is 0 Å². The smallest absolute Gasteiger partial charge is 0.212 e. The number of rotatable bonds is 5. The molecule has 5 heteroatoms. The van der Waals surface area contributed by atoms with Crippen LogP contribution in [0.25, 0.3) is 0 Å². The Morgan fingerprint density at radius 3 is 2.58 bits per heavy atom. The molecule has 128 valence electrons. The van der Waals surface area contributed by atoms with Gasteiger partial charge in [0.15, 0.2) is 0 Å². The number of benzene rings is 2. The van der Waals surface area contributed by atoms with E-state index in [9.17, 15) is 8.42 Å².